The number of rotatable bonds is 5. The number of nitrogens with zero attached hydrogens (tertiary/aromatic N) is 1. The molecule has 0 aliphatic carbocycles. The number of fused-ring (bicyclic) bond motifs is 1. The molecule has 2 atom stereocenters. The van der Waals surface area contributed by atoms with Gasteiger partial charge in [0.05, 0.1) is 12.5 Å². The standard InChI is InChI=1S/C19H24N2O2/c1-14(9-10-15-6-5-12-21(15)2)20-19(22)17-11-13-23-18-8-4-3-7-16(17)18/h3-8,12,14,17H,9-11,13H2,1-2H3,(H,20,22). The van der Waals surface area contributed by atoms with E-state index in [0.29, 0.717) is 6.61 Å². The van der Waals surface area contributed by atoms with Crippen LogP contribution in [0.2, 0.25) is 0 Å². The lowest BCUT2D eigenvalue weighted by molar-refractivity contribution is -0.123. The first-order valence-corrected chi connectivity index (χ1v) is 8.27. The van der Waals surface area contributed by atoms with Gasteiger partial charge < -0.3 is 14.6 Å². The molecule has 2 unspecified atom stereocenters. The first-order valence-electron chi connectivity index (χ1n) is 8.27. The van der Waals surface area contributed by atoms with Gasteiger partial charge in [0.15, 0.2) is 0 Å². The molecule has 0 fully saturated rings. The van der Waals surface area contributed by atoms with Gasteiger partial charge in [-0.3, -0.25) is 4.79 Å². The van der Waals surface area contributed by atoms with Gasteiger partial charge in [-0.25, -0.2) is 0 Å². The van der Waals surface area contributed by atoms with Crippen LogP contribution in [0, 0.1) is 0 Å². The maximum atomic E-state index is 12.6. The Kier molecular flexibility index (Phi) is 4.70. The van der Waals surface area contributed by atoms with Gasteiger partial charge in [0.2, 0.25) is 5.91 Å². The van der Waals surface area contributed by atoms with Crippen molar-refractivity contribution in [3.8, 4) is 5.75 Å². The molecule has 4 heteroatoms. The zero-order valence-corrected chi connectivity index (χ0v) is 13.8. The van der Waals surface area contributed by atoms with E-state index in [1.165, 1.54) is 5.69 Å². The SMILES string of the molecule is CC(CCc1cccn1C)NC(=O)C1CCOc2ccccc21. The minimum Gasteiger partial charge on any atom is -0.493 e. The summed E-state index contributed by atoms with van der Waals surface area (Å²) in [6.07, 6.45) is 4.70. The van der Waals surface area contributed by atoms with Crippen molar-refractivity contribution < 1.29 is 9.53 Å². The molecular formula is C19H24N2O2. The van der Waals surface area contributed by atoms with E-state index in [9.17, 15) is 4.79 Å². The van der Waals surface area contributed by atoms with E-state index in [1.807, 2.05) is 24.3 Å². The molecular weight excluding hydrogens is 288 g/mol. The molecule has 1 aromatic heterocycles. The average Bonchev–Trinajstić information content (AvgIpc) is 2.97. The molecule has 1 aliphatic heterocycles. The van der Waals surface area contributed by atoms with Crippen molar-refractivity contribution in [3.63, 3.8) is 0 Å². The number of carbonyl (C=O) groups is 1. The van der Waals surface area contributed by atoms with Crippen LogP contribution < -0.4 is 10.1 Å². The van der Waals surface area contributed by atoms with E-state index >= 15 is 0 Å². The second-order valence-corrected chi connectivity index (χ2v) is 6.29. The summed E-state index contributed by atoms with van der Waals surface area (Å²) in [7, 11) is 2.05. The van der Waals surface area contributed by atoms with E-state index in [0.717, 1.165) is 30.6 Å². The smallest absolute Gasteiger partial charge is 0.228 e. The first-order chi connectivity index (χ1) is 11.1. The summed E-state index contributed by atoms with van der Waals surface area (Å²) in [6, 6.07) is 12.2. The normalized spacial score (nSPS) is 17.9. The Morgan fingerprint density at radius 3 is 2.96 bits per heavy atom. The number of para-hydroxylation sites is 1. The van der Waals surface area contributed by atoms with E-state index in [2.05, 4.69) is 42.2 Å². The number of aryl methyl sites for hydroxylation is 2. The summed E-state index contributed by atoms with van der Waals surface area (Å²) in [5.74, 6) is 0.855. The predicted molar refractivity (Wildman–Crippen MR) is 90.6 cm³/mol. The van der Waals surface area contributed by atoms with Gasteiger partial charge in [0.1, 0.15) is 5.75 Å². The Bertz CT molecular complexity index is 678. The van der Waals surface area contributed by atoms with E-state index < -0.39 is 0 Å². The number of hydrogen-bond donors (Lipinski definition) is 1. The van der Waals surface area contributed by atoms with Crippen LogP contribution in [0.3, 0.4) is 0 Å². The number of nitrogens with one attached hydrogen (secondary N) is 1. The number of aromatic nitrogens is 1. The van der Waals surface area contributed by atoms with Gasteiger partial charge in [-0.2, -0.15) is 0 Å². The van der Waals surface area contributed by atoms with Gasteiger partial charge in [-0.15, -0.1) is 0 Å². The fourth-order valence-corrected chi connectivity index (χ4v) is 3.15. The second kappa shape index (κ2) is 6.90. The molecule has 0 spiro atoms. The first kappa shape index (κ1) is 15.7. The van der Waals surface area contributed by atoms with Gasteiger partial charge in [0, 0.05) is 30.5 Å². The van der Waals surface area contributed by atoms with Crippen LogP contribution >= 0.6 is 0 Å². The number of amides is 1. The molecule has 1 amide bonds. The monoisotopic (exact) mass is 312 g/mol. The zero-order valence-electron chi connectivity index (χ0n) is 13.8. The van der Waals surface area contributed by atoms with Gasteiger partial charge in [-0.1, -0.05) is 18.2 Å². The zero-order chi connectivity index (χ0) is 16.2. The van der Waals surface area contributed by atoms with Crippen LogP contribution in [-0.4, -0.2) is 23.1 Å². The lowest BCUT2D eigenvalue weighted by Gasteiger charge is -2.26. The summed E-state index contributed by atoms with van der Waals surface area (Å²) in [6.45, 7) is 2.68. The van der Waals surface area contributed by atoms with Crippen molar-refractivity contribution in [1.82, 2.24) is 9.88 Å². The van der Waals surface area contributed by atoms with Crippen LogP contribution in [0.25, 0.3) is 0 Å². The summed E-state index contributed by atoms with van der Waals surface area (Å²) in [5.41, 5.74) is 2.30. The highest BCUT2D eigenvalue weighted by molar-refractivity contribution is 5.85. The second-order valence-electron chi connectivity index (χ2n) is 6.29. The minimum absolute atomic E-state index is 0.0996. The molecule has 23 heavy (non-hydrogen) atoms. The molecule has 2 heterocycles. The Morgan fingerprint density at radius 1 is 1.35 bits per heavy atom. The Balaban J connectivity index is 1.58. The third-order valence-corrected chi connectivity index (χ3v) is 4.55. The molecule has 3 rings (SSSR count). The maximum absolute atomic E-state index is 12.6. The van der Waals surface area contributed by atoms with Gasteiger partial charge in [0.25, 0.3) is 0 Å². The summed E-state index contributed by atoms with van der Waals surface area (Å²) in [5, 5.41) is 3.17. The van der Waals surface area contributed by atoms with Crippen molar-refractivity contribution in [2.45, 2.75) is 38.1 Å². The average molecular weight is 312 g/mol. The Morgan fingerprint density at radius 2 is 2.17 bits per heavy atom. The number of carbonyl (C=O) groups excluding carboxylic acids is 1. The van der Waals surface area contributed by atoms with Gasteiger partial charge in [-0.05, 0) is 44.4 Å². The summed E-state index contributed by atoms with van der Waals surface area (Å²) < 4.78 is 7.76. The fourth-order valence-electron chi connectivity index (χ4n) is 3.15. The fraction of sp³-hybridized carbons (Fsp3) is 0.421. The molecule has 4 nitrogen and oxygen atoms in total. The quantitative estimate of drug-likeness (QED) is 0.922. The van der Waals surface area contributed by atoms with Crippen molar-refractivity contribution in [1.29, 1.82) is 0 Å². The summed E-state index contributed by atoms with van der Waals surface area (Å²) in [4.78, 5) is 12.6. The molecule has 0 saturated heterocycles. The largest absolute Gasteiger partial charge is 0.493 e. The van der Waals surface area contributed by atoms with Crippen molar-refractivity contribution in [2.24, 2.45) is 7.05 Å². The van der Waals surface area contributed by atoms with Crippen LogP contribution in [0.15, 0.2) is 42.6 Å². The van der Waals surface area contributed by atoms with Crippen molar-refractivity contribution >= 4 is 5.91 Å². The highest BCUT2D eigenvalue weighted by Gasteiger charge is 2.27. The third kappa shape index (κ3) is 3.58. The highest BCUT2D eigenvalue weighted by Crippen LogP contribution is 2.33. The molecule has 0 bridgehead atoms. The van der Waals surface area contributed by atoms with Crippen molar-refractivity contribution in [2.75, 3.05) is 6.61 Å². The molecule has 0 radical (unpaired) electrons. The van der Waals surface area contributed by atoms with Crippen LogP contribution in [-0.2, 0) is 18.3 Å². The molecule has 1 aromatic carbocycles. The molecule has 0 saturated carbocycles. The van der Waals surface area contributed by atoms with Gasteiger partial charge >= 0.3 is 0 Å². The van der Waals surface area contributed by atoms with Crippen molar-refractivity contribution in [3.05, 3.63) is 53.9 Å². The molecule has 122 valence electrons. The van der Waals surface area contributed by atoms with Crippen LogP contribution in [0.1, 0.15) is 36.9 Å². The third-order valence-electron chi connectivity index (χ3n) is 4.55. The molecule has 1 N–H and O–H groups in total. The molecule has 2 aromatic rings. The summed E-state index contributed by atoms with van der Waals surface area (Å²) >= 11 is 0. The predicted octanol–water partition coefficient (Wildman–Crippen LogP) is 3.03. The molecule has 1 aliphatic rings. The Hall–Kier alpha value is -2.23. The lowest BCUT2D eigenvalue weighted by atomic mass is 9.92. The number of ether oxygens (including phenoxy) is 1. The van der Waals surface area contributed by atoms with E-state index in [-0.39, 0.29) is 17.9 Å². The van der Waals surface area contributed by atoms with Crippen LogP contribution in [0.5, 0.6) is 5.75 Å². The number of benzene rings is 1. The van der Waals surface area contributed by atoms with Crippen LogP contribution in [0.4, 0.5) is 0 Å². The topological polar surface area (TPSA) is 43.3 Å². The number of hydrogen-bond acceptors (Lipinski definition) is 2. The van der Waals surface area contributed by atoms with E-state index in [4.69, 9.17) is 4.74 Å². The highest BCUT2D eigenvalue weighted by atomic mass is 16.5. The maximum Gasteiger partial charge on any atom is 0.228 e. The minimum atomic E-state index is -0.0996. The van der Waals surface area contributed by atoms with E-state index in [1.54, 1.807) is 0 Å². The lowest BCUT2D eigenvalue weighted by Crippen LogP contribution is -2.38. The Labute approximate surface area is 137 Å².